The summed E-state index contributed by atoms with van der Waals surface area (Å²) in [5.74, 6) is 0.840. The number of halogens is 1. The van der Waals surface area contributed by atoms with Gasteiger partial charge in [-0.1, -0.05) is 0 Å². The van der Waals surface area contributed by atoms with Gasteiger partial charge in [0.25, 0.3) is 0 Å². The Morgan fingerprint density at radius 1 is 1.06 bits per heavy atom. The highest BCUT2D eigenvalue weighted by atomic mass is 19.1. The Kier molecular flexibility index (Phi) is 2.48. The summed E-state index contributed by atoms with van der Waals surface area (Å²) in [6.07, 6.45) is 1.86. The van der Waals surface area contributed by atoms with Crippen molar-refractivity contribution in [2.75, 3.05) is 0 Å². The molecule has 0 spiro atoms. The number of hydrogen-bond donors (Lipinski definition) is 0. The number of ether oxygens (including phenoxy) is 1. The van der Waals surface area contributed by atoms with E-state index in [0.717, 1.165) is 35.3 Å². The van der Waals surface area contributed by atoms with E-state index in [2.05, 4.69) is 13.8 Å². The van der Waals surface area contributed by atoms with E-state index in [9.17, 15) is 4.39 Å². The van der Waals surface area contributed by atoms with Crippen molar-refractivity contribution in [3.8, 4) is 5.75 Å². The van der Waals surface area contributed by atoms with Crippen molar-refractivity contribution in [3.63, 3.8) is 0 Å². The van der Waals surface area contributed by atoms with Crippen LogP contribution in [0.25, 0.3) is 0 Å². The maximum atomic E-state index is 13.9. The predicted octanol–water partition coefficient (Wildman–Crippen LogP) is 3.85. The van der Waals surface area contributed by atoms with Crippen molar-refractivity contribution in [2.24, 2.45) is 0 Å². The van der Waals surface area contributed by atoms with Gasteiger partial charge in [0.15, 0.2) is 0 Å². The summed E-state index contributed by atoms with van der Waals surface area (Å²) in [7, 11) is 0. The average Bonchev–Trinajstić information content (AvgIpc) is 2.22. The molecule has 0 unspecified atom stereocenters. The molecule has 1 aliphatic heterocycles. The number of rotatable bonds is 0. The maximum Gasteiger partial charge on any atom is 0.129 e. The summed E-state index contributed by atoms with van der Waals surface area (Å²) in [6.45, 7) is 9.79. The van der Waals surface area contributed by atoms with Crippen LogP contribution in [0.3, 0.4) is 0 Å². The Bertz CT molecular complexity index is 447. The Morgan fingerprint density at radius 2 is 1.69 bits per heavy atom. The zero-order valence-electron chi connectivity index (χ0n) is 10.7. The van der Waals surface area contributed by atoms with Crippen molar-refractivity contribution in [2.45, 2.75) is 53.1 Å². The van der Waals surface area contributed by atoms with Gasteiger partial charge < -0.3 is 4.74 Å². The smallest absolute Gasteiger partial charge is 0.129 e. The monoisotopic (exact) mass is 222 g/mol. The van der Waals surface area contributed by atoms with Crippen LogP contribution in [0.2, 0.25) is 0 Å². The lowest BCUT2D eigenvalue weighted by molar-refractivity contribution is 0.0830. The molecular formula is C14H19FO. The molecule has 0 N–H and O–H groups in total. The van der Waals surface area contributed by atoms with Gasteiger partial charge in [-0.05, 0) is 64.2 Å². The van der Waals surface area contributed by atoms with Crippen molar-refractivity contribution in [3.05, 3.63) is 28.1 Å². The molecule has 0 saturated carbocycles. The molecule has 88 valence electrons. The molecule has 2 rings (SSSR count). The minimum Gasteiger partial charge on any atom is -0.487 e. The van der Waals surface area contributed by atoms with E-state index >= 15 is 0 Å². The number of hydrogen-bond acceptors (Lipinski definition) is 1. The van der Waals surface area contributed by atoms with Crippen LogP contribution < -0.4 is 4.74 Å². The van der Waals surface area contributed by atoms with E-state index in [1.807, 2.05) is 20.8 Å². The SMILES string of the molecule is Cc1c(C)c2c(c(C)c1F)CCC(C)(C)O2. The van der Waals surface area contributed by atoms with Gasteiger partial charge >= 0.3 is 0 Å². The van der Waals surface area contributed by atoms with Crippen LogP contribution >= 0.6 is 0 Å². The van der Waals surface area contributed by atoms with Gasteiger partial charge in [0.1, 0.15) is 17.2 Å². The third-order valence-corrected chi connectivity index (χ3v) is 3.64. The summed E-state index contributed by atoms with van der Waals surface area (Å²) in [5, 5.41) is 0. The quantitative estimate of drug-likeness (QED) is 0.647. The van der Waals surface area contributed by atoms with Gasteiger partial charge in [-0.25, -0.2) is 4.39 Å². The molecule has 1 aromatic rings. The molecule has 0 aromatic heterocycles. The lowest BCUT2D eigenvalue weighted by Gasteiger charge is -2.35. The first-order valence-corrected chi connectivity index (χ1v) is 5.80. The summed E-state index contributed by atoms with van der Waals surface area (Å²) in [4.78, 5) is 0. The minimum absolute atomic E-state index is 0.0699. The van der Waals surface area contributed by atoms with Crippen LogP contribution in [0, 0.1) is 26.6 Å². The third-order valence-electron chi connectivity index (χ3n) is 3.64. The molecule has 0 saturated heterocycles. The van der Waals surface area contributed by atoms with E-state index < -0.39 is 0 Å². The topological polar surface area (TPSA) is 9.23 Å². The molecule has 0 radical (unpaired) electrons. The number of benzene rings is 1. The zero-order chi connectivity index (χ0) is 12.1. The predicted molar refractivity (Wildman–Crippen MR) is 63.6 cm³/mol. The molecule has 1 aromatic carbocycles. The molecule has 0 aliphatic carbocycles. The molecule has 0 atom stereocenters. The normalized spacial score (nSPS) is 17.9. The van der Waals surface area contributed by atoms with Gasteiger partial charge in [0.05, 0.1) is 0 Å². The summed E-state index contributed by atoms with van der Waals surface area (Å²) in [5.41, 5.74) is 3.35. The Morgan fingerprint density at radius 3 is 2.31 bits per heavy atom. The van der Waals surface area contributed by atoms with Crippen LogP contribution in [0.5, 0.6) is 5.75 Å². The van der Waals surface area contributed by atoms with E-state index in [-0.39, 0.29) is 11.4 Å². The van der Waals surface area contributed by atoms with Crippen molar-refractivity contribution in [1.82, 2.24) is 0 Å². The second kappa shape index (κ2) is 3.47. The maximum absolute atomic E-state index is 13.9. The van der Waals surface area contributed by atoms with Crippen molar-refractivity contribution >= 4 is 0 Å². The Balaban J connectivity index is 2.65. The molecule has 2 heteroatoms. The Hall–Kier alpha value is -1.05. The van der Waals surface area contributed by atoms with Crippen LogP contribution in [0.15, 0.2) is 0 Å². The number of fused-ring (bicyclic) bond motifs is 1. The van der Waals surface area contributed by atoms with Crippen LogP contribution in [-0.2, 0) is 6.42 Å². The summed E-state index contributed by atoms with van der Waals surface area (Å²) >= 11 is 0. The second-order valence-electron chi connectivity index (χ2n) is 5.36. The molecule has 1 nitrogen and oxygen atoms in total. The molecular weight excluding hydrogens is 203 g/mol. The van der Waals surface area contributed by atoms with Gasteiger partial charge in [-0.2, -0.15) is 0 Å². The fourth-order valence-corrected chi connectivity index (χ4v) is 2.34. The first-order chi connectivity index (χ1) is 7.33. The zero-order valence-corrected chi connectivity index (χ0v) is 10.7. The summed E-state index contributed by atoms with van der Waals surface area (Å²) in [6, 6.07) is 0. The fraction of sp³-hybridized carbons (Fsp3) is 0.571. The highest BCUT2D eigenvalue weighted by Crippen LogP contribution is 2.40. The van der Waals surface area contributed by atoms with Gasteiger partial charge in [0.2, 0.25) is 0 Å². The van der Waals surface area contributed by atoms with Crippen molar-refractivity contribution in [1.29, 1.82) is 0 Å². The van der Waals surface area contributed by atoms with Crippen LogP contribution in [-0.4, -0.2) is 5.60 Å². The fourth-order valence-electron chi connectivity index (χ4n) is 2.34. The largest absolute Gasteiger partial charge is 0.487 e. The molecule has 0 bridgehead atoms. The first kappa shape index (κ1) is 11.4. The molecule has 1 aliphatic rings. The average molecular weight is 222 g/mol. The molecule has 16 heavy (non-hydrogen) atoms. The van der Waals surface area contributed by atoms with Crippen molar-refractivity contribution < 1.29 is 9.13 Å². The van der Waals surface area contributed by atoms with Crippen LogP contribution in [0.4, 0.5) is 4.39 Å². The summed E-state index contributed by atoms with van der Waals surface area (Å²) < 4.78 is 19.9. The molecule has 0 amide bonds. The van der Waals surface area contributed by atoms with Crippen LogP contribution in [0.1, 0.15) is 42.5 Å². The van der Waals surface area contributed by atoms with E-state index in [1.165, 1.54) is 0 Å². The molecule has 0 fully saturated rings. The van der Waals surface area contributed by atoms with E-state index in [0.29, 0.717) is 5.56 Å². The van der Waals surface area contributed by atoms with Gasteiger partial charge in [-0.15, -0.1) is 0 Å². The standard InChI is InChI=1S/C14H19FO/c1-8-9(2)13-11(10(3)12(8)15)6-7-14(4,5)16-13/h6-7H2,1-5H3. The lowest BCUT2D eigenvalue weighted by atomic mass is 9.88. The highest BCUT2D eigenvalue weighted by Gasteiger charge is 2.30. The second-order valence-corrected chi connectivity index (χ2v) is 5.36. The minimum atomic E-state index is -0.130. The third kappa shape index (κ3) is 1.60. The van der Waals surface area contributed by atoms with E-state index in [1.54, 1.807) is 0 Å². The van der Waals surface area contributed by atoms with Gasteiger partial charge in [-0.3, -0.25) is 0 Å². The highest BCUT2D eigenvalue weighted by molar-refractivity contribution is 5.52. The Labute approximate surface area is 96.6 Å². The molecule has 1 heterocycles. The van der Waals surface area contributed by atoms with Gasteiger partial charge in [0, 0.05) is 5.56 Å². The first-order valence-electron chi connectivity index (χ1n) is 5.80. The van der Waals surface area contributed by atoms with E-state index in [4.69, 9.17) is 4.74 Å². The lowest BCUT2D eigenvalue weighted by Crippen LogP contribution is -2.33.